The zero-order valence-electron chi connectivity index (χ0n) is 12.6. The Labute approximate surface area is 121 Å². The minimum atomic E-state index is -0.0872. The van der Waals surface area contributed by atoms with E-state index in [0.29, 0.717) is 6.54 Å². The molecule has 0 aliphatic rings. The molecule has 1 unspecified atom stereocenters. The normalized spacial score (nSPS) is 13.2. The lowest BCUT2D eigenvalue weighted by atomic mass is 9.86. The molecular formula is C18H24N2. The molecule has 2 aromatic carbocycles. The highest BCUT2D eigenvalue weighted by atomic mass is 14.6. The molecule has 0 aromatic heterocycles. The van der Waals surface area contributed by atoms with Gasteiger partial charge in [0.2, 0.25) is 0 Å². The lowest BCUT2D eigenvalue weighted by Crippen LogP contribution is -2.14. The Morgan fingerprint density at radius 3 is 1.70 bits per heavy atom. The Balaban J connectivity index is 2.22. The van der Waals surface area contributed by atoms with Crippen LogP contribution in [0.4, 0.5) is 0 Å². The Kier molecular flexibility index (Phi) is 4.26. The van der Waals surface area contributed by atoms with Crippen LogP contribution >= 0.6 is 0 Å². The number of benzene rings is 2. The van der Waals surface area contributed by atoms with Crippen LogP contribution < -0.4 is 11.5 Å². The predicted molar refractivity (Wildman–Crippen MR) is 85.5 cm³/mol. The second-order valence-corrected chi connectivity index (χ2v) is 6.30. The summed E-state index contributed by atoms with van der Waals surface area (Å²) in [6.07, 6.45) is 0. The van der Waals surface area contributed by atoms with Crippen molar-refractivity contribution < 1.29 is 0 Å². The van der Waals surface area contributed by atoms with Crippen LogP contribution in [0.3, 0.4) is 0 Å². The predicted octanol–water partition coefficient (Wildman–Crippen LogP) is 3.49. The van der Waals surface area contributed by atoms with Crippen LogP contribution in [0.2, 0.25) is 0 Å². The van der Waals surface area contributed by atoms with Crippen molar-refractivity contribution in [2.24, 2.45) is 11.5 Å². The summed E-state index contributed by atoms with van der Waals surface area (Å²) in [5.41, 5.74) is 16.8. The lowest BCUT2D eigenvalue weighted by Gasteiger charge is -2.20. The van der Waals surface area contributed by atoms with Gasteiger partial charge in [0, 0.05) is 6.54 Å². The number of rotatable bonds is 3. The van der Waals surface area contributed by atoms with Gasteiger partial charge in [-0.3, -0.25) is 0 Å². The van der Waals surface area contributed by atoms with Gasteiger partial charge < -0.3 is 11.5 Å². The van der Waals surface area contributed by atoms with Gasteiger partial charge in [-0.05, 0) is 27.7 Å². The average Bonchev–Trinajstić information content (AvgIpc) is 2.46. The van der Waals surface area contributed by atoms with E-state index in [1.165, 1.54) is 5.56 Å². The van der Waals surface area contributed by atoms with Gasteiger partial charge in [-0.1, -0.05) is 69.3 Å². The van der Waals surface area contributed by atoms with Crippen molar-refractivity contribution in [3.63, 3.8) is 0 Å². The van der Waals surface area contributed by atoms with Gasteiger partial charge in [-0.15, -0.1) is 0 Å². The summed E-state index contributed by atoms with van der Waals surface area (Å²) in [5.74, 6) is 0. The third kappa shape index (κ3) is 3.27. The quantitative estimate of drug-likeness (QED) is 0.895. The smallest absolute Gasteiger partial charge is 0.0551 e. The van der Waals surface area contributed by atoms with E-state index >= 15 is 0 Å². The molecule has 0 fully saturated rings. The van der Waals surface area contributed by atoms with Gasteiger partial charge in [0.25, 0.3) is 0 Å². The van der Waals surface area contributed by atoms with Crippen molar-refractivity contribution >= 4 is 0 Å². The van der Waals surface area contributed by atoms with Crippen LogP contribution in [0.5, 0.6) is 0 Å². The van der Waals surface area contributed by atoms with Gasteiger partial charge in [-0.25, -0.2) is 0 Å². The summed E-state index contributed by atoms with van der Waals surface area (Å²) >= 11 is 0. The fourth-order valence-corrected chi connectivity index (χ4v) is 2.24. The third-order valence-electron chi connectivity index (χ3n) is 3.71. The number of nitrogens with two attached hydrogens (primary N) is 2. The number of hydrogen-bond acceptors (Lipinski definition) is 2. The van der Waals surface area contributed by atoms with E-state index in [1.807, 2.05) is 12.1 Å². The molecule has 1 atom stereocenters. The van der Waals surface area contributed by atoms with E-state index < -0.39 is 0 Å². The summed E-state index contributed by atoms with van der Waals surface area (Å²) in [7, 11) is 0. The molecule has 0 radical (unpaired) electrons. The molecule has 0 saturated heterocycles. The highest BCUT2D eigenvalue weighted by Gasteiger charge is 2.14. The lowest BCUT2D eigenvalue weighted by molar-refractivity contribution is 0.589. The molecule has 106 valence electrons. The fourth-order valence-electron chi connectivity index (χ4n) is 2.24. The molecule has 0 aliphatic heterocycles. The first-order valence-corrected chi connectivity index (χ1v) is 7.07. The summed E-state index contributed by atoms with van der Waals surface area (Å²) in [5, 5.41) is 0. The standard InChI is InChI=1S/C18H24N2/c1-18(2,3)16-10-8-15(9-11-16)17(20)14-6-4-13(12-19)5-7-14/h4-11,17H,12,19-20H2,1-3H3. The highest BCUT2D eigenvalue weighted by molar-refractivity contribution is 5.36. The first kappa shape index (κ1) is 14.8. The molecule has 0 bridgehead atoms. The molecule has 0 saturated carbocycles. The van der Waals surface area contributed by atoms with E-state index in [-0.39, 0.29) is 11.5 Å². The molecule has 20 heavy (non-hydrogen) atoms. The van der Waals surface area contributed by atoms with Gasteiger partial charge >= 0.3 is 0 Å². The molecule has 0 aliphatic carbocycles. The van der Waals surface area contributed by atoms with E-state index in [0.717, 1.165) is 16.7 Å². The zero-order chi connectivity index (χ0) is 14.8. The van der Waals surface area contributed by atoms with Crippen molar-refractivity contribution in [1.29, 1.82) is 0 Å². The summed E-state index contributed by atoms with van der Waals surface area (Å²) in [6.45, 7) is 7.21. The number of hydrogen-bond donors (Lipinski definition) is 2. The topological polar surface area (TPSA) is 52.0 Å². The van der Waals surface area contributed by atoms with Gasteiger partial charge in [0.1, 0.15) is 0 Å². The van der Waals surface area contributed by atoms with Crippen molar-refractivity contribution in [1.82, 2.24) is 0 Å². The van der Waals surface area contributed by atoms with Crippen LogP contribution in [-0.4, -0.2) is 0 Å². The Bertz CT molecular complexity index is 547. The SMILES string of the molecule is CC(C)(C)c1ccc(C(N)c2ccc(CN)cc2)cc1. The summed E-state index contributed by atoms with van der Waals surface area (Å²) in [4.78, 5) is 0. The molecular weight excluding hydrogens is 244 g/mol. The third-order valence-corrected chi connectivity index (χ3v) is 3.71. The van der Waals surface area contributed by atoms with Crippen molar-refractivity contribution in [3.8, 4) is 0 Å². The van der Waals surface area contributed by atoms with E-state index in [2.05, 4.69) is 57.2 Å². The van der Waals surface area contributed by atoms with Crippen LogP contribution in [0.15, 0.2) is 48.5 Å². The summed E-state index contributed by atoms with van der Waals surface area (Å²) < 4.78 is 0. The molecule has 2 aromatic rings. The Hall–Kier alpha value is -1.64. The van der Waals surface area contributed by atoms with E-state index in [9.17, 15) is 0 Å². The molecule has 0 heterocycles. The minimum absolute atomic E-state index is 0.0872. The van der Waals surface area contributed by atoms with Crippen LogP contribution in [-0.2, 0) is 12.0 Å². The maximum absolute atomic E-state index is 6.34. The van der Waals surface area contributed by atoms with Crippen LogP contribution in [0.25, 0.3) is 0 Å². The van der Waals surface area contributed by atoms with Crippen LogP contribution in [0, 0.1) is 0 Å². The first-order valence-electron chi connectivity index (χ1n) is 7.07. The highest BCUT2D eigenvalue weighted by Crippen LogP contribution is 2.25. The van der Waals surface area contributed by atoms with Crippen molar-refractivity contribution in [2.75, 3.05) is 0 Å². The monoisotopic (exact) mass is 268 g/mol. The maximum Gasteiger partial charge on any atom is 0.0551 e. The molecule has 2 nitrogen and oxygen atoms in total. The molecule has 4 N–H and O–H groups in total. The Morgan fingerprint density at radius 2 is 1.30 bits per heavy atom. The second kappa shape index (κ2) is 5.78. The van der Waals surface area contributed by atoms with Crippen LogP contribution in [0.1, 0.15) is 49.1 Å². The fraction of sp³-hybridized carbons (Fsp3) is 0.333. The largest absolute Gasteiger partial charge is 0.326 e. The van der Waals surface area contributed by atoms with E-state index in [1.54, 1.807) is 0 Å². The van der Waals surface area contributed by atoms with Gasteiger partial charge in [0.15, 0.2) is 0 Å². The van der Waals surface area contributed by atoms with Crippen molar-refractivity contribution in [3.05, 3.63) is 70.8 Å². The molecule has 2 rings (SSSR count). The average molecular weight is 268 g/mol. The maximum atomic E-state index is 6.34. The molecule has 0 amide bonds. The summed E-state index contributed by atoms with van der Waals surface area (Å²) in [6, 6.07) is 16.7. The van der Waals surface area contributed by atoms with Gasteiger partial charge in [0.05, 0.1) is 6.04 Å². The van der Waals surface area contributed by atoms with E-state index in [4.69, 9.17) is 11.5 Å². The zero-order valence-corrected chi connectivity index (χ0v) is 12.6. The van der Waals surface area contributed by atoms with Crippen molar-refractivity contribution in [2.45, 2.75) is 38.8 Å². The second-order valence-electron chi connectivity index (χ2n) is 6.30. The first-order chi connectivity index (χ1) is 9.41. The molecule has 0 spiro atoms. The van der Waals surface area contributed by atoms with Gasteiger partial charge in [-0.2, -0.15) is 0 Å². The Morgan fingerprint density at radius 1 is 0.850 bits per heavy atom. The minimum Gasteiger partial charge on any atom is -0.326 e. The molecule has 2 heteroatoms.